The predicted molar refractivity (Wildman–Crippen MR) is 324 cm³/mol. The number of fused-ring (bicyclic) bond motifs is 3. The molecule has 12 rings (SSSR count). The number of aromatic amines is 1. The number of alkyl halides is 9. The van der Waals surface area contributed by atoms with Crippen LogP contribution in [0, 0.1) is 3.57 Å². The van der Waals surface area contributed by atoms with E-state index in [0.29, 0.717) is 11.1 Å². The van der Waals surface area contributed by atoms with Crippen LogP contribution in [0.5, 0.6) is 0 Å². The van der Waals surface area contributed by atoms with E-state index in [0.717, 1.165) is 74.3 Å². The Hall–Kier alpha value is -8.53. The summed E-state index contributed by atoms with van der Waals surface area (Å²) in [5.41, 5.74) is 6.92. The van der Waals surface area contributed by atoms with Gasteiger partial charge >= 0.3 is 25.6 Å². The number of aryl methyl sites for hydroxylation is 2. The van der Waals surface area contributed by atoms with E-state index in [1.165, 1.54) is 56.4 Å². The van der Waals surface area contributed by atoms with E-state index >= 15 is 0 Å². The average Bonchev–Trinajstić information content (AvgIpc) is 2.46. The van der Waals surface area contributed by atoms with Gasteiger partial charge in [0.1, 0.15) is 11.4 Å². The summed E-state index contributed by atoms with van der Waals surface area (Å²) in [6.45, 7) is 0. The van der Waals surface area contributed by atoms with E-state index in [1.54, 1.807) is 47.1 Å². The van der Waals surface area contributed by atoms with Gasteiger partial charge in [-0.05, 0) is 105 Å². The van der Waals surface area contributed by atoms with Crippen molar-refractivity contribution in [3.05, 3.63) is 239 Å². The average molecular weight is 1250 g/mol. The van der Waals surface area contributed by atoms with Crippen molar-refractivity contribution in [2.45, 2.75) is 33.4 Å². The van der Waals surface area contributed by atoms with Crippen LogP contribution in [-0.2, 0) is 32.6 Å². The lowest BCUT2D eigenvalue weighted by molar-refractivity contribution is -0.137. The molecule has 0 aliphatic heterocycles. The second-order valence-corrected chi connectivity index (χ2v) is 19.6. The summed E-state index contributed by atoms with van der Waals surface area (Å²) in [7, 11) is 1.72. The fourth-order valence-corrected chi connectivity index (χ4v) is 9.72. The molecule has 83 heavy (non-hydrogen) atoms. The lowest BCUT2D eigenvalue weighted by Crippen LogP contribution is -2.35. The Morgan fingerprint density at radius 3 is 1.24 bits per heavy atom. The monoisotopic (exact) mass is 1250 g/mol. The Morgan fingerprint density at radius 2 is 0.795 bits per heavy atom. The molecule has 8 nitrogen and oxygen atoms in total. The van der Waals surface area contributed by atoms with Crippen molar-refractivity contribution in [1.82, 2.24) is 29.8 Å². The van der Waals surface area contributed by atoms with Gasteiger partial charge in [-0.15, -0.1) is 0 Å². The minimum atomic E-state index is -4.56. The normalized spacial score (nSPS) is 11.3. The number of hydrogen-bond acceptors (Lipinski definition) is 5. The highest BCUT2D eigenvalue weighted by molar-refractivity contribution is 14.1. The van der Waals surface area contributed by atoms with Crippen molar-refractivity contribution < 1.29 is 51.0 Å². The topological polar surface area (TPSA) is 105 Å². The first-order valence-electron chi connectivity index (χ1n) is 24.8. The molecule has 19 heteroatoms. The van der Waals surface area contributed by atoms with Gasteiger partial charge in [-0.1, -0.05) is 179 Å². The van der Waals surface area contributed by atoms with Crippen molar-refractivity contribution in [3.8, 4) is 56.0 Å². The lowest BCUT2D eigenvalue weighted by Gasteiger charge is -2.13. The number of H-pyrrole nitrogens is 1. The van der Waals surface area contributed by atoms with Crippen LogP contribution in [0.25, 0.3) is 88.7 Å². The Kier molecular flexibility index (Phi) is 19.6. The Morgan fingerprint density at radius 1 is 0.422 bits per heavy atom. The van der Waals surface area contributed by atoms with Crippen molar-refractivity contribution >= 4 is 67.9 Å². The lowest BCUT2D eigenvalue weighted by atomic mass is 9.77. The van der Waals surface area contributed by atoms with E-state index in [1.807, 2.05) is 104 Å². The molecule has 0 saturated heterocycles. The van der Waals surface area contributed by atoms with Gasteiger partial charge in [0.25, 0.3) is 0 Å². The summed E-state index contributed by atoms with van der Waals surface area (Å²) in [4.78, 5) is 0. The van der Waals surface area contributed by atoms with Gasteiger partial charge in [0.15, 0.2) is 0 Å². The van der Waals surface area contributed by atoms with Gasteiger partial charge in [-0.3, -0.25) is 14.5 Å². The van der Waals surface area contributed by atoms with Gasteiger partial charge in [0.05, 0.1) is 38.9 Å². The van der Waals surface area contributed by atoms with Crippen LogP contribution in [0.2, 0.25) is 0 Å². The van der Waals surface area contributed by atoms with Gasteiger partial charge < -0.3 is 10.0 Å². The molecule has 3 aromatic heterocycles. The summed E-state index contributed by atoms with van der Waals surface area (Å²) < 4.78 is 122. The number of rotatable bonds is 6. The zero-order valence-corrected chi connectivity index (χ0v) is 44.9. The number of nitrogens with zero attached hydrogens (tertiary/aromatic N) is 5. The van der Waals surface area contributed by atoms with Crippen molar-refractivity contribution in [2.24, 2.45) is 14.1 Å². The van der Waals surface area contributed by atoms with E-state index in [9.17, 15) is 39.5 Å². The van der Waals surface area contributed by atoms with Crippen LogP contribution in [0.15, 0.2) is 218 Å². The van der Waals surface area contributed by atoms with Gasteiger partial charge in [0, 0.05) is 51.9 Å². The molecule has 3 heterocycles. The van der Waals surface area contributed by atoms with E-state index in [-0.39, 0.29) is 27.4 Å². The molecule has 12 aromatic rings. The zero-order valence-electron chi connectivity index (χ0n) is 42.8. The number of nitrogens with one attached hydrogen (secondary N) is 1. The fourth-order valence-electron chi connectivity index (χ4n) is 9.23. The second-order valence-electron chi connectivity index (χ2n) is 18.3. The summed E-state index contributed by atoms with van der Waals surface area (Å²) in [6, 6.07) is 62.0. The maximum atomic E-state index is 13.4. The third kappa shape index (κ3) is 14.2. The molecule has 0 aliphatic carbocycles. The molecule has 0 amide bonds. The molecule has 0 aliphatic rings. The molecule has 0 bridgehead atoms. The van der Waals surface area contributed by atoms with Gasteiger partial charge in [-0.25, -0.2) is 0 Å². The molecule has 0 atom stereocenters. The van der Waals surface area contributed by atoms with Crippen molar-refractivity contribution in [2.75, 3.05) is 0 Å². The quantitative estimate of drug-likeness (QED) is 0.0874. The Labute approximate surface area is 488 Å². The molecule has 0 spiro atoms. The second kappa shape index (κ2) is 26.2. The maximum absolute atomic E-state index is 13.4. The van der Waals surface area contributed by atoms with Gasteiger partial charge in [-0.2, -0.15) is 54.8 Å². The fraction of sp³-hybridized carbons (Fsp3) is 0.109. The SMILES string of the molecule is C.C.Cn1nc(-c2ccccc2)c2cc(-c3ccccc3C(F)(F)F)ccc21.Cn1nc(-c2ccccc2)c2cc(I)ccc21.FC(F)(F)c1ccccc1-c1ccc2[nH]nc(-c3ccccc3)c2c1.OB(O)c1ccccc1C(F)(F)F.[HH]. The first-order valence-corrected chi connectivity index (χ1v) is 25.8. The van der Waals surface area contributed by atoms with E-state index in [2.05, 4.69) is 73.3 Å². The third-order valence-electron chi connectivity index (χ3n) is 13.0. The minimum absolute atomic E-state index is 0. The number of halogens is 10. The zero-order chi connectivity index (χ0) is 57.6. The Balaban J connectivity index is 0.000000183. The van der Waals surface area contributed by atoms with E-state index in [4.69, 9.17) is 10.0 Å². The molecule has 0 saturated carbocycles. The van der Waals surface area contributed by atoms with Crippen molar-refractivity contribution in [3.63, 3.8) is 0 Å². The summed E-state index contributed by atoms with van der Waals surface area (Å²) in [5.74, 6) is 0. The minimum Gasteiger partial charge on any atom is -0.423 e. The van der Waals surface area contributed by atoms with Gasteiger partial charge in [0.2, 0.25) is 0 Å². The molecular weight excluding hydrogens is 1190 g/mol. The first-order chi connectivity index (χ1) is 38.7. The third-order valence-corrected chi connectivity index (χ3v) is 13.7. The first kappa shape index (κ1) is 62.1. The smallest absolute Gasteiger partial charge is 0.423 e. The molecular formula is C64H55BF9IN6O2. The van der Waals surface area contributed by atoms with Crippen LogP contribution in [-0.4, -0.2) is 46.9 Å². The van der Waals surface area contributed by atoms with Crippen LogP contribution in [0.1, 0.15) is 33.0 Å². The van der Waals surface area contributed by atoms with Crippen LogP contribution in [0.3, 0.4) is 0 Å². The predicted octanol–water partition coefficient (Wildman–Crippen LogP) is 17.6. The molecule has 426 valence electrons. The standard InChI is InChI=1S/C21H15F3N2.C20H13F3N2.C14H11IN2.C7H6BF3O2.2CH4.H2/c1-26-19-12-11-15(16-9-5-6-10-18(16)21(22,23)24)13-17(19)20(25-26)14-7-3-2-4-8-14;21-20(22,23)17-9-5-4-8-15(17)14-10-11-18-16(12-14)19(25-24-18)13-6-2-1-3-7-13;1-17-13-8-7-11(15)9-12(13)14(16-17)10-5-3-2-4-6-10;9-7(10,11)5-3-1-2-4-6(5)8(12)13;;;/h2-13H,1H3;1-12H,(H,24,25);2-9H,1H3;1-4,12-13H;2*1H4;1H. The molecule has 3 N–H and O–H groups in total. The molecule has 9 aromatic carbocycles. The Bertz CT molecular complexity index is 4120. The number of benzene rings is 9. The molecule has 0 unspecified atom stereocenters. The number of aromatic nitrogens is 6. The van der Waals surface area contributed by atoms with Crippen LogP contribution in [0.4, 0.5) is 39.5 Å². The highest BCUT2D eigenvalue weighted by Gasteiger charge is 2.36. The molecule has 0 fully saturated rings. The van der Waals surface area contributed by atoms with E-state index < -0.39 is 47.8 Å². The van der Waals surface area contributed by atoms with Crippen molar-refractivity contribution in [1.29, 1.82) is 0 Å². The summed E-state index contributed by atoms with van der Waals surface area (Å²) >= 11 is 2.34. The van der Waals surface area contributed by atoms with Crippen LogP contribution >= 0.6 is 22.6 Å². The highest BCUT2D eigenvalue weighted by atomic mass is 127. The number of hydrogen-bond donors (Lipinski definition) is 3. The summed E-state index contributed by atoms with van der Waals surface area (Å²) in [5, 5.41) is 36.5. The summed E-state index contributed by atoms with van der Waals surface area (Å²) in [6.07, 6.45) is -13.4. The van der Waals surface area contributed by atoms with Crippen LogP contribution < -0.4 is 5.46 Å². The maximum Gasteiger partial charge on any atom is 0.489 e. The largest absolute Gasteiger partial charge is 0.489 e. The molecule has 0 radical (unpaired) electrons. The highest BCUT2D eigenvalue weighted by Crippen LogP contribution is 2.41.